The number of rotatable bonds is 59. The molecule has 19 nitrogen and oxygen atoms in total. The van der Waals surface area contributed by atoms with Crippen LogP contribution >= 0.6 is 0 Å². The lowest BCUT2D eigenvalue weighted by Crippen LogP contribution is -2.66. The smallest absolute Gasteiger partial charge is 0.220 e. The van der Waals surface area contributed by atoms with Crippen LogP contribution in [0.15, 0.2) is 72.9 Å². The second-order valence-corrected chi connectivity index (χ2v) is 27.1. The zero-order valence-electron chi connectivity index (χ0n) is 59.3. The van der Waals surface area contributed by atoms with E-state index in [-0.39, 0.29) is 18.9 Å². The van der Waals surface area contributed by atoms with Gasteiger partial charge in [-0.15, -0.1) is 0 Å². The van der Waals surface area contributed by atoms with Crippen molar-refractivity contribution in [1.29, 1.82) is 0 Å². The van der Waals surface area contributed by atoms with Crippen LogP contribution in [-0.2, 0) is 33.2 Å². The van der Waals surface area contributed by atoms with Crippen LogP contribution in [0.3, 0.4) is 0 Å². The number of amides is 1. The summed E-state index contributed by atoms with van der Waals surface area (Å²) in [6.07, 6.45) is 47.4. The van der Waals surface area contributed by atoms with E-state index in [0.717, 1.165) is 77.0 Å². The van der Waals surface area contributed by atoms with Gasteiger partial charge in [0.15, 0.2) is 18.9 Å². The number of allylic oxidation sites excluding steroid dienone is 11. The van der Waals surface area contributed by atoms with Gasteiger partial charge in [-0.1, -0.05) is 273 Å². The molecule has 12 N–H and O–H groups in total. The molecule has 0 saturated carbocycles. The van der Waals surface area contributed by atoms with Crippen molar-refractivity contribution in [1.82, 2.24) is 5.32 Å². The van der Waals surface area contributed by atoms with Crippen molar-refractivity contribution in [3.8, 4) is 0 Å². The zero-order chi connectivity index (χ0) is 69.6. The first kappa shape index (κ1) is 87.4. The van der Waals surface area contributed by atoms with Crippen molar-refractivity contribution < 1.29 is 89.4 Å². The molecule has 0 aromatic heterocycles. The minimum absolute atomic E-state index is 0.227. The van der Waals surface area contributed by atoms with Gasteiger partial charge in [0.1, 0.15) is 73.2 Å². The lowest BCUT2D eigenvalue weighted by molar-refractivity contribution is -0.379. The van der Waals surface area contributed by atoms with Crippen molar-refractivity contribution in [3.05, 3.63) is 72.9 Å². The Kier molecular flexibility index (Phi) is 52.7. The molecular formula is C77H137NO18. The number of ether oxygens (including phenoxy) is 6. The predicted octanol–water partition coefficient (Wildman–Crippen LogP) is 11.7. The highest BCUT2D eigenvalue weighted by Gasteiger charge is 2.53. The summed E-state index contributed by atoms with van der Waals surface area (Å²) in [6.45, 7) is 1.62. The van der Waals surface area contributed by atoms with Crippen LogP contribution in [0, 0.1) is 0 Å². The quantitative estimate of drug-likeness (QED) is 0.0199. The van der Waals surface area contributed by atoms with E-state index in [4.69, 9.17) is 28.4 Å². The molecule has 96 heavy (non-hydrogen) atoms. The fourth-order valence-corrected chi connectivity index (χ4v) is 12.6. The van der Waals surface area contributed by atoms with Gasteiger partial charge in [-0.25, -0.2) is 0 Å². The third kappa shape index (κ3) is 38.3. The average Bonchev–Trinajstić information content (AvgIpc) is 0.788. The second-order valence-electron chi connectivity index (χ2n) is 27.1. The molecule has 0 aromatic rings. The third-order valence-electron chi connectivity index (χ3n) is 18.7. The molecular weight excluding hydrogens is 1230 g/mol. The average molecular weight is 1360 g/mol. The summed E-state index contributed by atoms with van der Waals surface area (Å²) in [5.41, 5.74) is 0. The molecule has 3 aliphatic rings. The van der Waals surface area contributed by atoms with Gasteiger partial charge in [-0.05, 0) is 70.6 Å². The maximum Gasteiger partial charge on any atom is 0.220 e. The Hall–Kier alpha value is -2.77. The first-order chi connectivity index (χ1) is 46.8. The van der Waals surface area contributed by atoms with Crippen molar-refractivity contribution in [3.63, 3.8) is 0 Å². The molecule has 3 heterocycles. The van der Waals surface area contributed by atoms with E-state index < -0.39 is 124 Å². The minimum Gasteiger partial charge on any atom is -0.394 e. The predicted molar refractivity (Wildman–Crippen MR) is 378 cm³/mol. The minimum atomic E-state index is -1.98. The number of carbonyl (C=O) groups is 1. The van der Waals surface area contributed by atoms with Crippen LogP contribution < -0.4 is 5.32 Å². The molecule has 0 radical (unpaired) electrons. The first-order valence-electron chi connectivity index (χ1n) is 38.2. The number of nitrogens with one attached hydrogen (secondary N) is 1. The molecule has 3 fully saturated rings. The van der Waals surface area contributed by atoms with Crippen LogP contribution in [0.2, 0.25) is 0 Å². The van der Waals surface area contributed by atoms with Crippen molar-refractivity contribution in [2.24, 2.45) is 0 Å². The van der Waals surface area contributed by atoms with Gasteiger partial charge in [-0.2, -0.15) is 0 Å². The summed E-state index contributed by atoms with van der Waals surface area (Å²) in [4.78, 5) is 13.4. The summed E-state index contributed by atoms with van der Waals surface area (Å²) in [6, 6.07) is -0.998. The Morgan fingerprint density at radius 1 is 0.385 bits per heavy atom. The van der Waals surface area contributed by atoms with Gasteiger partial charge in [0.05, 0.1) is 38.6 Å². The van der Waals surface area contributed by atoms with E-state index in [1.165, 1.54) is 167 Å². The first-order valence-corrected chi connectivity index (χ1v) is 38.2. The molecule has 3 aliphatic heterocycles. The number of carbonyl (C=O) groups excluding carboxylic acids is 1. The SMILES string of the molecule is CC/C=C\C/C=C\C/C=C\C/C=C\CCCCCCCCCCCCC(=O)NC(COC1OC(CO)C(OC2OC(CO)C(OC3OC(CO)C(O)C(O)C3O)C(O)C2O)C(O)C1O)C(O)/C=C/CC/C=C/CCCCCCCCCCCCCCCCCCCCCCCC. The van der Waals surface area contributed by atoms with Gasteiger partial charge >= 0.3 is 0 Å². The number of aliphatic hydroxyl groups excluding tert-OH is 11. The normalized spacial score (nSPS) is 27.4. The summed E-state index contributed by atoms with van der Waals surface area (Å²) in [7, 11) is 0. The molecule has 0 aliphatic carbocycles. The monoisotopic (exact) mass is 1360 g/mol. The molecule has 3 saturated heterocycles. The number of hydrogen-bond acceptors (Lipinski definition) is 18. The Morgan fingerprint density at radius 3 is 1.17 bits per heavy atom. The lowest BCUT2D eigenvalue weighted by Gasteiger charge is -2.48. The van der Waals surface area contributed by atoms with Crippen LogP contribution in [0.4, 0.5) is 0 Å². The van der Waals surface area contributed by atoms with E-state index in [0.29, 0.717) is 12.8 Å². The maximum atomic E-state index is 13.4. The molecule has 1 amide bonds. The Bertz CT molecular complexity index is 2020. The van der Waals surface area contributed by atoms with Crippen molar-refractivity contribution >= 4 is 5.91 Å². The highest BCUT2D eigenvalue weighted by Crippen LogP contribution is 2.33. The number of hydrogen-bond donors (Lipinski definition) is 12. The highest BCUT2D eigenvalue weighted by atomic mass is 16.8. The molecule has 558 valence electrons. The van der Waals surface area contributed by atoms with Gasteiger partial charge in [-0.3, -0.25) is 4.79 Å². The Morgan fingerprint density at radius 2 is 0.729 bits per heavy atom. The van der Waals surface area contributed by atoms with Crippen molar-refractivity contribution in [2.75, 3.05) is 26.4 Å². The van der Waals surface area contributed by atoms with E-state index >= 15 is 0 Å². The second kappa shape index (κ2) is 57.8. The van der Waals surface area contributed by atoms with E-state index in [1.807, 2.05) is 6.08 Å². The van der Waals surface area contributed by atoms with E-state index in [1.54, 1.807) is 6.08 Å². The van der Waals surface area contributed by atoms with Gasteiger partial charge in [0.25, 0.3) is 0 Å². The van der Waals surface area contributed by atoms with Crippen molar-refractivity contribution in [2.45, 2.75) is 381 Å². The van der Waals surface area contributed by atoms with Crippen LogP contribution in [0.1, 0.15) is 277 Å². The topological polar surface area (TPSA) is 307 Å². The van der Waals surface area contributed by atoms with Gasteiger partial charge in [0, 0.05) is 6.42 Å². The molecule has 0 spiro atoms. The standard InChI is InChI=1S/C77H137NO18/c1-3-5-7-9-11-13-15-17-19-21-23-25-27-28-29-30-31-33-34-36-38-40-42-44-46-48-50-52-54-61(82)60(78-65(83)55-53-51-49-47-45-43-41-39-37-35-32-26-24-22-20-18-16-14-12-10-8-6-4-2)59-91-75-71(89)68(86)73(63(57-80)93-75)96-77-72(90)69(87)74(64(58-81)94-77)95-76-70(88)67(85)66(84)62(56-79)92-76/h6,8,12,14,18,20,24,26,44,46,52,54,60-64,66-77,79-82,84-90H,3-5,7,9-11,13,15-17,19,21-23,25,27-43,45,47-51,53,55-59H2,1-2H3,(H,78,83)/b8-6-,14-12-,20-18-,26-24-,46-44+,54-52+. The van der Waals surface area contributed by atoms with Crippen LogP contribution in [-0.4, -0.2) is 193 Å². The molecule has 17 unspecified atom stereocenters. The highest BCUT2D eigenvalue weighted by molar-refractivity contribution is 5.76. The van der Waals surface area contributed by atoms with E-state index in [9.17, 15) is 61.0 Å². The molecule has 0 aromatic carbocycles. The third-order valence-corrected chi connectivity index (χ3v) is 18.7. The summed E-state index contributed by atoms with van der Waals surface area (Å²) >= 11 is 0. The van der Waals surface area contributed by atoms with Gasteiger partial charge < -0.3 is 89.9 Å². The largest absolute Gasteiger partial charge is 0.394 e. The number of unbranched alkanes of at least 4 members (excludes halogenated alkanes) is 33. The molecule has 19 heteroatoms. The van der Waals surface area contributed by atoms with Gasteiger partial charge in [0.2, 0.25) is 5.91 Å². The summed E-state index contributed by atoms with van der Waals surface area (Å²) in [5.74, 6) is -0.290. The summed E-state index contributed by atoms with van der Waals surface area (Å²) < 4.78 is 34.4. The summed E-state index contributed by atoms with van der Waals surface area (Å²) in [5, 5.41) is 121. The molecule has 0 bridgehead atoms. The molecule has 17 atom stereocenters. The zero-order valence-corrected chi connectivity index (χ0v) is 59.3. The Balaban J connectivity index is 1.42. The van der Waals surface area contributed by atoms with Crippen LogP contribution in [0.5, 0.6) is 0 Å². The van der Waals surface area contributed by atoms with E-state index in [2.05, 4.69) is 79.9 Å². The number of aliphatic hydroxyl groups is 11. The van der Waals surface area contributed by atoms with Crippen LogP contribution in [0.25, 0.3) is 0 Å². The fraction of sp³-hybridized carbons (Fsp3) is 0.831. The fourth-order valence-electron chi connectivity index (χ4n) is 12.6. The molecule has 3 rings (SSSR count). The maximum absolute atomic E-state index is 13.4. The Labute approximate surface area is 578 Å². The lowest BCUT2D eigenvalue weighted by atomic mass is 9.96.